The van der Waals surface area contributed by atoms with Crippen LogP contribution in [-0.2, 0) is 0 Å². The Morgan fingerprint density at radius 2 is 1.85 bits per heavy atom. The van der Waals surface area contributed by atoms with Crippen molar-refractivity contribution in [2.75, 3.05) is 24.8 Å². The van der Waals surface area contributed by atoms with Gasteiger partial charge in [0, 0.05) is 12.6 Å². The summed E-state index contributed by atoms with van der Waals surface area (Å²) in [6.07, 6.45) is 0. The number of rotatable bonds is 4. The van der Waals surface area contributed by atoms with Crippen molar-refractivity contribution in [1.29, 1.82) is 0 Å². The Hall–Kier alpha value is -2.69. The van der Waals surface area contributed by atoms with Crippen LogP contribution in [0.4, 0.5) is 17.1 Å². The van der Waals surface area contributed by atoms with Gasteiger partial charge in [0.1, 0.15) is 5.75 Å². The first-order valence-corrected chi connectivity index (χ1v) is 6.10. The third kappa shape index (κ3) is 2.51. The van der Waals surface area contributed by atoms with Crippen molar-refractivity contribution in [3.63, 3.8) is 0 Å². The lowest BCUT2D eigenvalue weighted by Gasteiger charge is -2.23. The van der Waals surface area contributed by atoms with Gasteiger partial charge in [-0.05, 0) is 30.3 Å². The van der Waals surface area contributed by atoms with Gasteiger partial charge < -0.3 is 21.1 Å². The number of nitrogens with two attached hydrogens (primary N) is 2. The molecule has 4 N–H and O–H groups in total. The van der Waals surface area contributed by atoms with E-state index in [1.54, 1.807) is 25.3 Å². The fourth-order valence-corrected chi connectivity index (χ4v) is 2.02. The van der Waals surface area contributed by atoms with E-state index in [9.17, 15) is 4.79 Å². The number of nitrogen functional groups attached to an aromatic ring is 1. The number of hydrogen-bond donors (Lipinski definition) is 2. The molecule has 20 heavy (non-hydrogen) atoms. The zero-order chi connectivity index (χ0) is 14.7. The molecule has 2 rings (SSSR count). The summed E-state index contributed by atoms with van der Waals surface area (Å²) < 4.78 is 5.33. The molecule has 0 aliphatic carbocycles. The van der Waals surface area contributed by atoms with Gasteiger partial charge in [-0.1, -0.05) is 12.1 Å². The Morgan fingerprint density at radius 3 is 2.50 bits per heavy atom. The molecule has 2 aromatic rings. The van der Waals surface area contributed by atoms with Gasteiger partial charge in [-0.3, -0.25) is 4.79 Å². The van der Waals surface area contributed by atoms with E-state index in [4.69, 9.17) is 16.2 Å². The number of ether oxygens (including phenoxy) is 1. The van der Waals surface area contributed by atoms with Crippen LogP contribution in [0.3, 0.4) is 0 Å². The lowest BCUT2D eigenvalue weighted by Crippen LogP contribution is -2.16. The summed E-state index contributed by atoms with van der Waals surface area (Å²) in [6, 6.07) is 12.5. The summed E-state index contributed by atoms with van der Waals surface area (Å²) in [5.74, 6) is 0.235. The number of amides is 1. The lowest BCUT2D eigenvalue weighted by molar-refractivity contribution is 0.100. The van der Waals surface area contributed by atoms with Crippen LogP contribution in [0.2, 0.25) is 0 Å². The summed E-state index contributed by atoms with van der Waals surface area (Å²) >= 11 is 0. The molecule has 2 aromatic carbocycles. The highest BCUT2D eigenvalue weighted by atomic mass is 16.5. The summed E-state index contributed by atoms with van der Waals surface area (Å²) in [5.41, 5.74) is 13.8. The third-order valence-electron chi connectivity index (χ3n) is 3.12. The number of methoxy groups -OCH3 is 1. The van der Waals surface area contributed by atoms with Crippen molar-refractivity contribution < 1.29 is 9.53 Å². The molecule has 1 amide bonds. The summed E-state index contributed by atoms with van der Waals surface area (Å²) in [5, 5.41) is 0. The normalized spacial score (nSPS) is 10.1. The molecular formula is C15H17N3O2. The fourth-order valence-electron chi connectivity index (χ4n) is 2.02. The number of para-hydroxylation sites is 2. The maximum Gasteiger partial charge on any atom is 0.248 e. The molecule has 0 aromatic heterocycles. The predicted octanol–water partition coefficient (Wildman–Crippen LogP) is 2.14. The van der Waals surface area contributed by atoms with Crippen molar-refractivity contribution in [1.82, 2.24) is 0 Å². The minimum Gasteiger partial charge on any atom is -0.495 e. The van der Waals surface area contributed by atoms with E-state index < -0.39 is 5.91 Å². The molecule has 0 radical (unpaired) electrons. The van der Waals surface area contributed by atoms with Crippen LogP contribution in [0.15, 0.2) is 42.5 Å². The molecule has 104 valence electrons. The zero-order valence-electron chi connectivity index (χ0n) is 11.5. The largest absolute Gasteiger partial charge is 0.495 e. The number of carbonyl (C=O) groups is 1. The second-order valence-corrected chi connectivity index (χ2v) is 4.37. The standard InChI is InChI=1S/C15H17N3O2/c1-18(12-5-3-4-6-14(12)20-2)13-9-10(15(17)19)7-8-11(13)16/h3-9H,16H2,1-2H3,(H2,17,19). The summed E-state index contributed by atoms with van der Waals surface area (Å²) in [4.78, 5) is 13.1. The molecule has 0 aliphatic rings. The van der Waals surface area contributed by atoms with Crippen molar-refractivity contribution in [3.05, 3.63) is 48.0 Å². The number of primary amides is 1. The van der Waals surface area contributed by atoms with Gasteiger partial charge >= 0.3 is 0 Å². The van der Waals surface area contributed by atoms with E-state index in [-0.39, 0.29) is 0 Å². The Labute approximate surface area is 117 Å². The molecule has 0 fully saturated rings. The average molecular weight is 271 g/mol. The lowest BCUT2D eigenvalue weighted by atomic mass is 10.1. The third-order valence-corrected chi connectivity index (χ3v) is 3.12. The first kappa shape index (κ1) is 13.7. The second-order valence-electron chi connectivity index (χ2n) is 4.37. The quantitative estimate of drug-likeness (QED) is 0.835. The number of anilines is 3. The Morgan fingerprint density at radius 1 is 1.15 bits per heavy atom. The highest BCUT2D eigenvalue weighted by molar-refractivity contribution is 5.95. The van der Waals surface area contributed by atoms with Gasteiger partial charge in [0.15, 0.2) is 0 Å². The minimum atomic E-state index is -0.486. The van der Waals surface area contributed by atoms with E-state index in [1.165, 1.54) is 0 Å². The van der Waals surface area contributed by atoms with Crippen LogP contribution in [0, 0.1) is 0 Å². The Kier molecular flexibility index (Phi) is 3.79. The van der Waals surface area contributed by atoms with Gasteiger partial charge in [0.05, 0.1) is 24.2 Å². The number of hydrogen-bond acceptors (Lipinski definition) is 4. The molecule has 0 spiro atoms. The molecule has 0 atom stereocenters. The van der Waals surface area contributed by atoms with Crippen LogP contribution >= 0.6 is 0 Å². The molecule has 0 heterocycles. The van der Waals surface area contributed by atoms with Crippen LogP contribution in [0.25, 0.3) is 0 Å². The van der Waals surface area contributed by atoms with Crippen LogP contribution in [-0.4, -0.2) is 20.1 Å². The predicted molar refractivity (Wildman–Crippen MR) is 80.4 cm³/mol. The highest BCUT2D eigenvalue weighted by Gasteiger charge is 2.13. The topological polar surface area (TPSA) is 81.6 Å². The smallest absolute Gasteiger partial charge is 0.248 e. The molecule has 0 saturated heterocycles. The SMILES string of the molecule is COc1ccccc1N(C)c1cc(C(N)=O)ccc1N. The van der Waals surface area contributed by atoms with E-state index in [0.29, 0.717) is 16.9 Å². The molecule has 0 bridgehead atoms. The minimum absolute atomic E-state index is 0.413. The Bertz CT molecular complexity index is 641. The second kappa shape index (κ2) is 5.52. The summed E-state index contributed by atoms with van der Waals surface area (Å²) in [6.45, 7) is 0. The van der Waals surface area contributed by atoms with Gasteiger partial charge in [-0.2, -0.15) is 0 Å². The van der Waals surface area contributed by atoms with E-state index in [1.807, 2.05) is 36.2 Å². The van der Waals surface area contributed by atoms with Crippen molar-refractivity contribution in [3.8, 4) is 5.75 Å². The maximum absolute atomic E-state index is 11.3. The number of nitrogens with zero attached hydrogens (tertiary/aromatic N) is 1. The Balaban J connectivity index is 2.50. The van der Waals surface area contributed by atoms with E-state index in [0.717, 1.165) is 11.4 Å². The highest BCUT2D eigenvalue weighted by Crippen LogP contribution is 2.35. The zero-order valence-corrected chi connectivity index (χ0v) is 11.5. The maximum atomic E-state index is 11.3. The van der Waals surface area contributed by atoms with Crippen LogP contribution < -0.4 is 21.1 Å². The molecule has 5 heteroatoms. The fraction of sp³-hybridized carbons (Fsp3) is 0.133. The van der Waals surface area contributed by atoms with Crippen LogP contribution in [0.5, 0.6) is 5.75 Å². The molecule has 0 unspecified atom stereocenters. The summed E-state index contributed by atoms with van der Waals surface area (Å²) in [7, 11) is 3.46. The van der Waals surface area contributed by atoms with Crippen molar-refractivity contribution in [2.24, 2.45) is 5.73 Å². The molecular weight excluding hydrogens is 254 g/mol. The van der Waals surface area contributed by atoms with E-state index >= 15 is 0 Å². The van der Waals surface area contributed by atoms with Crippen molar-refractivity contribution in [2.45, 2.75) is 0 Å². The first-order valence-electron chi connectivity index (χ1n) is 6.10. The van der Waals surface area contributed by atoms with Gasteiger partial charge in [-0.15, -0.1) is 0 Å². The van der Waals surface area contributed by atoms with Gasteiger partial charge in [0.2, 0.25) is 5.91 Å². The molecule has 0 saturated carbocycles. The van der Waals surface area contributed by atoms with Crippen LogP contribution in [0.1, 0.15) is 10.4 Å². The van der Waals surface area contributed by atoms with E-state index in [2.05, 4.69) is 0 Å². The molecule has 5 nitrogen and oxygen atoms in total. The van der Waals surface area contributed by atoms with Crippen molar-refractivity contribution >= 4 is 23.0 Å². The average Bonchev–Trinajstić information content (AvgIpc) is 2.46. The molecule has 0 aliphatic heterocycles. The first-order chi connectivity index (χ1) is 9.54. The van der Waals surface area contributed by atoms with Gasteiger partial charge in [0.25, 0.3) is 0 Å². The monoisotopic (exact) mass is 271 g/mol. The number of benzene rings is 2. The number of carbonyl (C=O) groups excluding carboxylic acids is 1. The van der Waals surface area contributed by atoms with Gasteiger partial charge in [-0.25, -0.2) is 0 Å².